The lowest BCUT2D eigenvalue weighted by atomic mass is 10.3. The van der Waals surface area contributed by atoms with Gasteiger partial charge in [-0.2, -0.15) is 12.6 Å². The Morgan fingerprint density at radius 2 is 2.44 bits per heavy atom. The monoisotopic (exact) mass is 147 g/mol. The summed E-state index contributed by atoms with van der Waals surface area (Å²) in [6.45, 7) is 0.426. The summed E-state index contributed by atoms with van der Waals surface area (Å²) in [6.07, 6.45) is 2.03. The molecule has 0 aliphatic carbocycles. The third kappa shape index (κ3) is 5.56. The summed E-state index contributed by atoms with van der Waals surface area (Å²) in [4.78, 5) is 12.8. The first kappa shape index (κ1) is 8.69. The zero-order valence-electron chi connectivity index (χ0n) is 4.95. The Labute approximate surface area is 59.2 Å². The molecule has 0 radical (unpaired) electrons. The van der Waals surface area contributed by atoms with Gasteiger partial charge in [-0.05, 0) is 6.42 Å². The van der Waals surface area contributed by atoms with Crippen LogP contribution in [-0.4, -0.2) is 29.6 Å². The Hall–Kier alpha value is -0.310. The van der Waals surface area contributed by atoms with Gasteiger partial charge >= 0.3 is 0 Å². The van der Waals surface area contributed by atoms with Crippen LogP contribution in [0, 0.1) is 0 Å². The SMILES string of the molecule is O=C=NCCC(S)CO. The molecule has 0 saturated heterocycles. The van der Waals surface area contributed by atoms with E-state index in [1.165, 1.54) is 6.08 Å². The van der Waals surface area contributed by atoms with Gasteiger partial charge in [-0.25, -0.2) is 9.79 Å². The van der Waals surface area contributed by atoms with Crippen LogP contribution < -0.4 is 0 Å². The van der Waals surface area contributed by atoms with Gasteiger partial charge in [0.1, 0.15) is 0 Å². The largest absolute Gasteiger partial charge is 0.395 e. The fourth-order valence-electron chi connectivity index (χ4n) is 0.351. The predicted molar refractivity (Wildman–Crippen MR) is 37.5 cm³/mol. The molecule has 9 heavy (non-hydrogen) atoms. The molecule has 4 heteroatoms. The summed E-state index contributed by atoms with van der Waals surface area (Å²) in [5, 5.41) is 8.35. The minimum absolute atomic E-state index is 0.0253. The van der Waals surface area contributed by atoms with E-state index >= 15 is 0 Å². The standard InChI is InChI=1S/C5H9NO2S/c7-3-5(9)1-2-6-4-8/h5,7,9H,1-3H2. The molecule has 0 aromatic rings. The number of aliphatic hydroxyl groups excluding tert-OH is 1. The second-order valence-corrected chi connectivity index (χ2v) is 2.33. The van der Waals surface area contributed by atoms with Gasteiger partial charge in [-0.3, -0.25) is 0 Å². The molecule has 0 saturated carbocycles. The maximum atomic E-state index is 9.50. The summed E-state index contributed by atoms with van der Waals surface area (Å²) in [7, 11) is 0. The number of nitrogens with zero attached hydrogens (tertiary/aromatic N) is 1. The maximum Gasteiger partial charge on any atom is 0.234 e. The molecule has 1 unspecified atom stereocenters. The zero-order chi connectivity index (χ0) is 7.11. The van der Waals surface area contributed by atoms with Crippen LogP contribution in [0.15, 0.2) is 4.99 Å². The lowest BCUT2D eigenvalue weighted by molar-refractivity contribution is 0.292. The van der Waals surface area contributed by atoms with Gasteiger partial charge in [-0.15, -0.1) is 0 Å². The summed E-state index contributed by atoms with van der Waals surface area (Å²) in [5.41, 5.74) is 0. The average molecular weight is 147 g/mol. The zero-order valence-corrected chi connectivity index (χ0v) is 5.84. The molecule has 0 bridgehead atoms. The topological polar surface area (TPSA) is 49.7 Å². The molecule has 0 spiro atoms. The molecule has 0 aromatic heterocycles. The van der Waals surface area contributed by atoms with Crippen molar-refractivity contribution in [1.82, 2.24) is 0 Å². The van der Waals surface area contributed by atoms with Gasteiger partial charge in [0.15, 0.2) is 0 Å². The van der Waals surface area contributed by atoms with Crippen molar-refractivity contribution >= 4 is 18.7 Å². The Morgan fingerprint density at radius 1 is 1.78 bits per heavy atom. The van der Waals surface area contributed by atoms with Crippen molar-refractivity contribution in [1.29, 1.82) is 0 Å². The van der Waals surface area contributed by atoms with E-state index in [-0.39, 0.29) is 11.9 Å². The van der Waals surface area contributed by atoms with Crippen molar-refractivity contribution in [3.05, 3.63) is 0 Å². The van der Waals surface area contributed by atoms with E-state index in [4.69, 9.17) is 5.11 Å². The molecule has 3 nitrogen and oxygen atoms in total. The van der Waals surface area contributed by atoms with Crippen molar-refractivity contribution in [3.8, 4) is 0 Å². The van der Waals surface area contributed by atoms with E-state index < -0.39 is 0 Å². The van der Waals surface area contributed by atoms with Crippen LogP contribution in [0.1, 0.15) is 6.42 Å². The van der Waals surface area contributed by atoms with E-state index in [9.17, 15) is 4.79 Å². The van der Waals surface area contributed by atoms with Crippen molar-refractivity contribution in [2.24, 2.45) is 4.99 Å². The lowest BCUT2D eigenvalue weighted by Crippen LogP contribution is -2.05. The summed E-state index contributed by atoms with van der Waals surface area (Å²) < 4.78 is 0. The van der Waals surface area contributed by atoms with Gasteiger partial charge in [0, 0.05) is 5.25 Å². The van der Waals surface area contributed by atoms with E-state index in [2.05, 4.69) is 17.6 Å². The number of isocyanates is 1. The van der Waals surface area contributed by atoms with Gasteiger partial charge in [0.25, 0.3) is 0 Å². The molecule has 0 fully saturated rings. The minimum Gasteiger partial charge on any atom is -0.395 e. The highest BCUT2D eigenvalue weighted by Gasteiger charge is 1.97. The number of rotatable bonds is 4. The Kier molecular flexibility index (Phi) is 5.62. The molecular formula is C5H9NO2S. The Bertz CT molecular complexity index is 112. The van der Waals surface area contributed by atoms with E-state index in [0.717, 1.165) is 0 Å². The number of thiol groups is 1. The van der Waals surface area contributed by atoms with Gasteiger partial charge in [0.2, 0.25) is 6.08 Å². The van der Waals surface area contributed by atoms with E-state index in [0.29, 0.717) is 13.0 Å². The molecule has 0 aliphatic heterocycles. The van der Waals surface area contributed by atoms with Crippen LogP contribution in [0.4, 0.5) is 0 Å². The van der Waals surface area contributed by atoms with E-state index in [1.807, 2.05) is 0 Å². The summed E-state index contributed by atoms with van der Waals surface area (Å²) in [6, 6.07) is 0. The van der Waals surface area contributed by atoms with Gasteiger partial charge in [-0.1, -0.05) is 0 Å². The van der Waals surface area contributed by atoms with Crippen LogP contribution in [0.2, 0.25) is 0 Å². The molecule has 0 rings (SSSR count). The molecule has 0 heterocycles. The molecule has 0 aromatic carbocycles. The number of aliphatic hydroxyl groups is 1. The Morgan fingerprint density at radius 3 is 2.89 bits per heavy atom. The van der Waals surface area contributed by atoms with Crippen molar-refractivity contribution in [2.45, 2.75) is 11.7 Å². The first-order valence-electron chi connectivity index (χ1n) is 2.63. The number of hydrogen-bond donors (Lipinski definition) is 2. The highest BCUT2D eigenvalue weighted by Crippen LogP contribution is 1.98. The van der Waals surface area contributed by atoms with E-state index in [1.54, 1.807) is 0 Å². The quantitative estimate of drug-likeness (QED) is 0.334. The lowest BCUT2D eigenvalue weighted by Gasteiger charge is -2.00. The van der Waals surface area contributed by atoms with Crippen molar-refractivity contribution < 1.29 is 9.90 Å². The highest BCUT2D eigenvalue weighted by molar-refractivity contribution is 7.81. The van der Waals surface area contributed by atoms with Crippen molar-refractivity contribution in [3.63, 3.8) is 0 Å². The second kappa shape index (κ2) is 5.82. The third-order valence-electron chi connectivity index (χ3n) is 0.849. The fourth-order valence-corrected chi connectivity index (χ4v) is 0.466. The minimum atomic E-state index is -0.0675. The normalized spacial score (nSPS) is 12.2. The molecular weight excluding hydrogens is 138 g/mol. The van der Waals surface area contributed by atoms with Gasteiger partial charge < -0.3 is 5.11 Å². The maximum absolute atomic E-state index is 9.50. The molecule has 52 valence electrons. The summed E-state index contributed by atoms with van der Waals surface area (Å²) in [5.74, 6) is 0. The smallest absolute Gasteiger partial charge is 0.234 e. The van der Waals surface area contributed by atoms with Crippen LogP contribution in [-0.2, 0) is 4.79 Å². The molecule has 0 amide bonds. The number of carbonyl (C=O) groups excluding carboxylic acids is 1. The first-order valence-corrected chi connectivity index (χ1v) is 3.15. The van der Waals surface area contributed by atoms with Gasteiger partial charge in [0.05, 0.1) is 13.2 Å². The Balaban J connectivity index is 3.16. The van der Waals surface area contributed by atoms with Crippen LogP contribution in [0.25, 0.3) is 0 Å². The van der Waals surface area contributed by atoms with Crippen LogP contribution in [0.5, 0.6) is 0 Å². The number of hydrogen-bond acceptors (Lipinski definition) is 4. The number of aliphatic imine (C=N–C) groups is 1. The first-order chi connectivity index (χ1) is 4.31. The average Bonchev–Trinajstić information content (AvgIpc) is 1.89. The predicted octanol–water partition coefficient (Wildman–Crippen LogP) is 0.00300. The fraction of sp³-hybridized carbons (Fsp3) is 0.800. The summed E-state index contributed by atoms with van der Waals surface area (Å²) >= 11 is 3.96. The highest BCUT2D eigenvalue weighted by atomic mass is 32.1. The molecule has 0 aliphatic rings. The van der Waals surface area contributed by atoms with Crippen LogP contribution in [0.3, 0.4) is 0 Å². The van der Waals surface area contributed by atoms with Crippen molar-refractivity contribution in [2.75, 3.05) is 13.2 Å². The second-order valence-electron chi connectivity index (χ2n) is 1.60. The molecule has 1 N–H and O–H groups in total. The molecule has 1 atom stereocenters. The van der Waals surface area contributed by atoms with Crippen LogP contribution >= 0.6 is 12.6 Å². The third-order valence-corrected chi connectivity index (χ3v) is 1.27.